The molecule has 0 unspecified atom stereocenters. The summed E-state index contributed by atoms with van der Waals surface area (Å²) in [4.78, 5) is 11.5. The molecular weight excluding hydrogens is 390 g/mol. The molecule has 1 heterocycles. The van der Waals surface area contributed by atoms with Crippen molar-refractivity contribution in [2.24, 2.45) is 4.99 Å². The Bertz CT molecular complexity index is 804. The van der Waals surface area contributed by atoms with E-state index >= 15 is 0 Å². The van der Waals surface area contributed by atoms with Gasteiger partial charge in [0.15, 0.2) is 5.96 Å². The minimum absolute atomic E-state index is 0.525. The molecule has 1 aromatic carbocycles. The maximum atomic E-state index is 5.89. The van der Waals surface area contributed by atoms with Crippen LogP contribution in [0.3, 0.4) is 0 Å². The number of hydrogen-bond donors (Lipinski definition) is 2. The van der Waals surface area contributed by atoms with Crippen LogP contribution in [-0.2, 0) is 17.8 Å². The van der Waals surface area contributed by atoms with Crippen molar-refractivity contribution >= 4 is 11.8 Å². The van der Waals surface area contributed by atoms with Gasteiger partial charge in [-0.15, -0.1) is 0 Å². The van der Waals surface area contributed by atoms with E-state index in [4.69, 9.17) is 14.5 Å². The lowest BCUT2D eigenvalue weighted by molar-refractivity contribution is 0.145. The first kappa shape index (κ1) is 24.5. The van der Waals surface area contributed by atoms with Crippen LogP contribution in [0.1, 0.15) is 37.5 Å². The molecule has 7 heteroatoms. The Labute approximate surface area is 186 Å². The average Bonchev–Trinajstić information content (AvgIpc) is 2.78. The number of anilines is 1. The van der Waals surface area contributed by atoms with E-state index < -0.39 is 0 Å². The lowest BCUT2D eigenvalue weighted by Gasteiger charge is -2.19. The molecule has 0 saturated carbocycles. The molecule has 2 aromatic rings. The van der Waals surface area contributed by atoms with Gasteiger partial charge in [-0.1, -0.05) is 18.2 Å². The van der Waals surface area contributed by atoms with E-state index in [2.05, 4.69) is 78.5 Å². The Morgan fingerprint density at radius 1 is 1.06 bits per heavy atom. The number of aromatic nitrogens is 1. The standard InChI is InChI=1S/C24H37N5O2/c1-6-25-24(27-17-20-10-12-23(26-16-20)29(7-2)8-3)28-18-21-11-9-19(4)15-22(21)31-14-13-30-5/h9-12,15-16H,6-8,13-14,17-18H2,1-5H3,(H2,25,27,28). The van der Waals surface area contributed by atoms with Gasteiger partial charge in [0.1, 0.15) is 18.2 Å². The van der Waals surface area contributed by atoms with Crippen LogP contribution < -0.4 is 20.3 Å². The van der Waals surface area contributed by atoms with Gasteiger partial charge in [0.2, 0.25) is 0 Å². The lowest BCUT2D eigenvalue weighted by Crippen LogP contribution is -2.36. The first-order valence-corrected chi connectivity index (χ1v) is 11.0. The quantitative estimate of drug-likeness (QED) is 0.307. The number of nitrogens with zero attached hydrogens (tertiary/aromatic N) is 3. The van der Waals surface area contributed by atoms with Crippen LogP contribution in [0.15, 0.2) is 41.5 Å². The highest BCUT2D eigenvalue weighted by atomic mass is 16.5. The van der Waals surface area contributed by atoms with E-state index in [0.29, 0.717) is 26.3 Å². The number of methoxy groups -OCH3 is 1. The summed E-state index contributed by atoms with van der Waals surface area (Å²) >= 11 is 0. The Morgan fingerprint density at radius 3 is 2.52 bits per heavy atom. The van der Waals surface area contributed by atoms with E-state index in [-0.39, 0.29) is 0 Å². The van der Waals surface area contributed by atoms with Gasteiger partial charge >= 0.3 is 0 Å². The normalized spacial score (nSPS) is 11.3. The number of ether oxygens (including phenoxy) is 2. The van der Waals surface area contributed by atoms with Crippen LogP contribution >= 0.6 is 0 Å². The van der Waals surface area contributed by atoms with Crippen molar-refractivity contribution in [3.05, 3.63) is 53.2 Å². The highest BCUT2D eigenvalue weighted by molar-refractivity contribution is 5.79. The second-order valence-corrected chi connectivity index (χ2v) is 7.20. The molecule has 0 bridgehead atoms. The van der Waals surface area contributed by atoms with Crippen LogP contribution in [-0.4, -0.2) is 50.9 Å². The number of aliphatic imine (C=N–C) groups is 1. The van der Waals surface area contributed by atoms with E-state index in [1.54, 1.807) is 7.11 Å². The number of aryl methyl sites for hydroxylation is 1. The fourth-order valence-electron chi connectivity index (χ4n) is 3.11. The van der Waals surface area contributed by atoms with E-state index in [1.165, 1.54) is 0 Å². The SMILES string of the molecule is CCNC(=NCc1ccc(N(CC)CC)nc1)NCc1ccc(C)cc1OCCOC. The fraction of sp³-hybridized carbons (Fsp3) is 0.500. The van der Waals surface area contributed by atoms with Gasteiger partial charge in [0, 0.05) is 45.0 Å². The summed E-state index contributed by atoms with van der Waals surface area (Å²) in [5, 5.41) is 6.71. The van der Waals surface area contributed by atoms with Gasteiger partial charge in [-0.3, -0.25) is 0 Å². The molecule has 0 aliphatic carbocycles. The Morgan fingerprint density at radius 2 is 1.87 bits per heavy atom. The number of nitrogens with one attached hydrogen (secondary N) is 2. The molecule has 31 heavy (non-hydrogen) atoms. The summed E-state index contributed by atoms with van der Waals surface area (Å²) < 4.78 is 11.0. The third-order valence-corrected chi connectivity index (χ3v) is 4.87. The van der Waals surface area contributed by atoms with Crippen molar-refractivity contribution in [2.45, 2.75) is 40.8 Å². The van der Waals surface area contributed by atoms with Crippen molar-refractivity contribution in [3.63, 3.8) is 0 Å². The Kier molecular flexibility index (Phi) is 10.6. The second-order valence-electron chi connectivity index (χ2n) is 7.20. The van der Waals surface area contributed by atoms with Crippen molar-refractivity contribution in [1.82, 2.24) is 15.6 Å². The van der Waals surface area contributed by atoms with Gasteiger partial charge < -0.3 is 25.0 Å². The van der Waals surface area contributed by atoms with Gasteiger partial charge in [0.05, 0.1) is 13.2 Å². The van der Waals surface area contributed by atoms with Gasteiger partial charge in [-0.25, -0.2) is 9.98 Å². The second kappa shape index (κ2) is 13.5. The summed E-state index contributed by atoms with van der Waals surface area (Å²) in [5.41, 5.74) is 3.32. The molecule has 7 nitrogen and oxygen atoms in total. The summed E-state index contributed by atoms with van der Waals surface area (Å²) in [6.45, 7) is 13.4. The number of guanidine groups is 1. The number of benzene rings is 1. The third-order valence-electron chi connectivity index (χ3n) is 4.87. The smallest absolute Gasteiger partial charge is 0.191 e. The predicted molar refractivity (Wildman–Crippen MR) is 128 cm³/mol. The van der Waals surface area contributed by atoms with E-state index in [1.807, 2.05) is 6.20 Å². The maximum absolute atomic E-state index is 5.89. The molecule has 170 valence electrons. The molecule has 1 aromatic heterocycles. The zero-order chi connectivity index (χ0) is 22.5. The molecule has 0 atom stereocenters. The van der Waals surface area contributed by atoms with Crippen molar-refractivity contribution in [2.75, 3.05) is 44.9 Å². The maximum Gasteiger partial charge on any atom is 0.191 e. The first-order chi connectivity index (χ1) is 15.1. The molecule has 0 saturated heterocycles. The van der Waals surface area contributed by atoms with Crippen LogP contribution in [0.2, 0.25) is 0 Å². The molecule has 0 fully saturated rings. The zero-order valence-electron chi connectivity index (χ0n) is 19.6. The fourth-order valence-corrected chi connectivity index (χ4v) is 3.11. The molecule has 2 N–H and O–H groups in total. The van der Waals surface area contributed by atoms with Crippen LogP contribution in [0.25, 0.3) is 0 Å². The number of hydrogen-bond acceptors (Lipinski definition) is 5. The summed E-state index contributed by atoms with van der Waals surface area (Å²) in [6, 6.07) is 10.4. The highest BCUT2D eigenvalue weighted by Gasteiger charge is 2.07. The number of rotatable bonds is 12. The summed E-state index contributed by atoms with van der Waals surface area (Å²) in [6.07, 6.45) is 1.91. The average molecular weight is 428 g/mol. The van der Waals surface area contributed by atoms with E-state index in [9.17, 15) is 0 Å². The topological polar surface area (TPSA) is 71.0 Å². The van der Waals surface area contributed by atoms with Crippen LogP contribution in [0.5, 0.6) is 5.75 Å². The molecule has 0 amide bonds. The van der Waals surface area contributed by atoms with Gasteiger partial charge in [-0.05, 0) is 51.0 Å². The molecule has 0 aliphatic heterocycles. The van der Waals surface area contributed by atoms with Gasteiger partial charge in [-0.2, -0.15) is 0 Å². The molecule has 0 aliphatic rings. The predicted octanol–water partition coefficient (Wildman–Crippen LogP) is 3.52. The van der Waals surface area contributed by atoms with Crippen LogP contribution in [0.4, 0.5) is 5.82 Å². The summed E-state index contributed by atoms with van der Waals surface area (Å²) in [7, 11) is 1.67. The Balaban J connectivity index is 2.02. The van der Waals surface area contributed by atoms with Crippen molar-refractivity contribution in [3.8, 4) is 5.75 Å². The summed E-state index contributed by atoms with van der Waals surface area (Å²) in [5.74, 6) is 2.64. The lowest BCUT2D eigenvalue weighted by atomic mass is 10.1. The monoisotopic (exact) mass is 427 g/mol. The van der Waals surface area contributed by atoms with Crippen LogP contribution in [0, 0.1) is 6.92 Å². The molecule has 2 rings (SSSR count). The third kappa shape index (κ3) is 8.09. The number of pyridine rings is 1. The largest absolute Gasteiger partial charge is 0.491 e. The van der Waals surface area contributed by atoms with Crippen molar-refractivity contribution < 1.29 is 9.47 Å². The zero-order valence-corrected chi connectivity index (χ0v) is 19.6. The first-order valence-electron chi connectivity index (χ1n) is 11.0. The molecular formula is C24H37N5O2. The van der Waals surface area contributed by atoms with Crippen molar-refractivity contribution in [1.29, 1.82) is 0 Å². The van der Waals surface area contributed by atoms with Gasteiger partial charge in [0.25, 0.3) is 0 Å². The molecule has 0 spiro atoms. The van der Waals surface area contributed by atoms with E-state index in [0.717, 1.165) is 53.9 Å². The Hall–Kier alpha value is -2.80. The minimum Gasteiger partial charge on any atom is -0.491 e. The molecule has 0 radical (unpaired) electrons. The highest BCUT2D eigenvalue weighted by Crippen LogP contribution is 2.20. The minimum atomic E-state index is 0.525.